The summed E-state index contributed by atoms with van der Waals surface area (Å²) < 4.78 is 0. The zero-order valence-electron chi connectivity index (χ0n) is 10.0. The van der Waals surface area contributed by atoms with Crippen LogP contribution in [-0.4, -0.2) is 15.7 Å². The van der Waals surface area contributed by atoms with Gasteiger partial charge in [0.05, 0.1) is 16.6 Å². The lowest BCUT2D eigenvalue weighted by Crippen LogP contribution is -2.15. The van der Waals surface area contributed by atoms with Crippen LogP contribution in [0.2, 0.25) is 0 Å². The van der Waals surface area contributed by atoms with E-state index in [0.29, 0.717) is 23.1 Å². The maximum atomic E-state index is 11.9. The standard InChI is InChI=1S/C13H13N3O2/c1-2-8-7-11(18-16-8)12-14-10-6-4-3-5-9(10)13(17)15-12/h3-6,11H,2,7H2,1H3,(H,14,15,17). The molecule has 92 valence electrons. The number of fused-ring (bicyclic) bond motifs is 1. The molecule has 0 saturated carbocycles. The van der Waals surface area contributed by atoms with Crippen molar-refractivity contribution in [1.29, 1.82) is 0 Å². The molecule has 5 nitrogen and oxygen atoms in total. The molecule has 5 heteroatoms. The number of hydrogen-bond acceptors (Lipinski definition) is 4. The van der Waals surface area contributed by atoms with Crippen molar-refractivity contribution < 1.29 is 4.84 Å². The van der Waals surface area contributed by atoms with Gasteiger partial charge in [0, 0.05) is 6.42 Å². The highest BCUT2D eigenvalue weighted by atomic mass is 16.6. The minimum Gasteiger partial charge on any atom is -0.384 e. The highest BCUT2D eigenvalue weighted by Crippen LogP contribution is 2.25. The second-order valence-corrected chi connectivity index (χ2v) is 4.28. The molecule has 1 aromatic carbocycles. The van der Waals surface area contributed by atoms with Crippen LogP contribution in [0.1, 0.15) is 31.7 Å². The second-order valence-electron chi connectivity index (χ2n) is 4.28. The lowest BCUT2D eigenvalue weighted by molar-refractivity contribution is 0.0792. The van der Waals surface area contributed by atoms with Gasteiger partial charge in [-0.2, -0.15) is 0 Å². The lowest BCUT2D eigenvalue weighted by Gasteiger charge is -2.07. The van der Waals surface area contributed by atoms with Gasteiger partial charge >= 0.3 is 0 Å². The average Bonchev–Trinajstić information content (AvgIpc) is 2.87. The van der Waals surface area contributed by atoms with Gasteiger partial charge in [-0.3, -0.25) is 4.79 Å². The smallest absolute Gasteiger partial charge is 0.258 e. The number of nitrogens with one attached hydrogen (secondary N) is 1. The Labute approximate surface area is 103 Å². The van der Waals surface area contributed by atoms with Crippen molar-refractivity contribution in [2.24, 2.45) is 5.16 Å². The molecule has 3 rings (SSSR count). The topological polar surface area (TPSA) is 67.3 Å². The third-order valence-electron chi connectivity index (χ3n) is 3.07. The summed E-state index contributed by atoms with van der Waals surface area (Å²) in [6.45, 7) is 2.03. The number of nitrogens with zero attached hydrogens (tertiary/aromatic N) is 2. The van der Waals surface area contributed by atoms with E-state index < -0.39 is 0 Å². The molecule has 0 spiro atoms. The van der Waals surface area contributed by atoms with E-state index in [4.69, 9.17) is 4.84 Å². The maximum Gasteiger partial charge on any atom is 0.258 e. The highest BCUT2D eigenvalue weighted by Gasteiger charge is 2.24. The molecule has 1 N–H and O–H groups in total. The molecule has 0 aliphatic carbocycles. The number of oxime groups is 1. The van der Waals surface area contributed by atoms with Crippen LogP contribution in [0.15, 0.2) is 34.2 Å². The summed E-state index contributed by atoms with van der Waals surface area (Å²) in [6, 6.07) is 7.27. The molecule has 1 aromatic heterocycles. The SMILES string of the molecule is CCC1=NOC(c2nc3ccccc3c(=O)[nH]2)C1. The Balaban J connectivity index is 2.02. The monoisotopic (exact) mass is 243 g/mol. The van der Waals surface area contributed by atoms with E-state index in [1.165, 1.54) is 0 Å². The van der Waals surface area contributed by atoms with Gasteiger partial charge in [0.1, 0.15) is 0 Å². The van der Waals surface area contributed by atoms with Crippen LogP contribution in [0, 0.1) is 0 Å². The summed E-state index contributed by atoms with van der Waals surface area (Å²) in [5.74, 6) is 0.547. The van der Waals surface area contributed by atoms with Crippen LogP contribution >= 0.6 is 0 Å². The maximum absolute atomic E-state index is 11.9. The van der Waals surface area contributed by atoms with Crippen LogP contribution in [0.5, 0.6) is 0 Å². The number of para-hydroxylation sites is 1. The molecule has 1 atom stereocenters. The molecule has 2 aromatic rings. The van der Waals surface area contributed by atoms with Gasteiger partial charge in [0.25, 0.3) is 5.56 Å². The molecule has 18 heavy (non-hydrogen) atoms. The Kier molecular flexibility index (Phi) is 2.59. The van der Waals surface area contributed by atoms with Crippen LogP contribution in [-0.2, 0) is 4.84 Å². The van der Waals surface area contributed by atoms with Crippen LogP contribution in [0.25, 0.3) is 10.9 Å². The fourth-order valence-corrected chi connectivity index (χ4v) is 2.04. The van der Waals surface area contributed by atoms with E-state index in [0.717, 1.165) is 12.1 Å². The zero-order chi connectivity index (χ0) is 12.5. The van der Waals surface area contributed by atoms with Crippen molar-refractivity contribution in [2.75, 3.05) is 0 Å². The Bertz CT molecular complexity index is 675. The van der Waals surface area contributed by atoms with Crippen molar-refractivity contribution in [3.05, 3.63) is 40.4 Å². The molecular formula is C13H13N3O2. The van der Waals surface area contributed by atoms with Gasteiger partial charge in [-0.25, -0.2) is 4.98 Å². The first-order valence-corrected chi connectivity index (χ1v) is 5.98. The molecule has 0 saturated heterocycles. The third kappa shape index (κ3) is 1.77. The summed E-state index contributed by atoms with van der Waals surface area (Å²) in [6.07, 6.45) is 1.28. The first-order chi connectivity index (χ1) is 8.78. The molecule has 1 aliphatic heterocycles. The normalized spacial score (nSPS) is 18.7. The summed E-state index contributed by atoms with van der Waals surface area (Å²) in [4.78, 5) is 24.4. The molecule has 1 unspecified atom stereocenters. The average molecular weight is 243 g/mol. The summed E-state index contributed by atoms with van der Waals surface area (Å²) >= 11 is 0. The van der Waals surface area contributed by atoms with Gasteiger partial charge in [-0.1, -0.05) is 24.2 Å². The first-order valence-electron chi connectivity index (χ1n) is 5.98. The van der Waals surface area contributed by atoms with E-state index in [-0.39, 0.29) is 11.7 Å². The molecule has 2 heterocycles. The van der Waals surface area contributed by atoms with E-state index in [9.17, 15) is 4.79 Å². The fourth-order valence-electron chi connectivity index (χ4n) is 2.04. The molecule has 0 amide bonds. The number of aromatic amines is 1. The zero-order valence-corrected chi connectivity index (χ0v) is 10.0. The number of hydrogen-bond donors (Lipinski definition) is 1. The third-order valence-corrected chi connectivity index (χ3v) is 3.07. The molecular weight excluding hydrogens is 230 g/mol. The predicted octanol–water partition coefficient (Wildman–Crippen LogP) is 2.15. The van der Waals surface area contributed by atoms with Crippen molar-refractivity contribution in [3.8, 4) is 0 Å². The quantitative estimate of drug-likeness (QED) is 0.878. The van der Waals surface area contributed by atoms with Crippen molar-refractivity contribution in [2.45, 2.75) is 25.9 Å². The number of benzene rings is 1. The van der Waals surface area contributed by atoms with Crippen LogP contribution < -0.4 is 5.56 Å². The minimum atomic E-state index is -0.266. The van der Waals surface area contributed by atoms with Crippen LogP contribution in [0.4, 0.5) is 0 Å². The van der Waals surface area contributed by atoms with Crippen LogP contribution in [0.3, 0.4) is 0 Å². The van der Waals surface area contributed by atoms with E-state index in [2.05, 4.69) is 15.1 Å². The largest absolute Gasteiger partial charge is 0.384 e. The van der Waals surface area contributed by atoms with Gasteiger partial charge in [-0.15, -0.1) is 0 Å². The minimum absolute atomic E-state index is 0.135. The van der Waals surface area contributed by atoms with Gasteiger partial charge < -0.3 is 9.82 Å². The number of rotatable bonds is 2. The Hall–Kier alpha value is -2.17. The van der Waals surface area contributed by atoms with Gasteiger partial charge in [0.15, 0.2) is 11.9 Å². The molecule has 1 aliphatic rings. The second kappa shape index (κ2) is 4.25. The summed E-state index contributed by atoms with van der Waals surface area (Å²) in [7, 11) is 0. The number of H-pyrrole nitrogens is 1. The number of aromatic nitrogens is 2. The van der Waals surface area contributed by atoms with Gasteiger partial charge in [0.2, 0.25) is 0 Å². The highest BCUT2D eigenvalue weighted by molar-refractivity contribution is 5.85. The Morgan fingerprint density at radius 1 is 1.44 bits per heavy atom. The fraction of sp³-hybridized carbons (Fsp3) is 0.308. The first kappa shape index (κ1) is 11.0. The molecule has 0 fully saturated rings. The predicted molar refractivity (Wildman–Crippen MR) is 68.5 cm³/mol. The van der Waals surface area contributed by atoms with E-state index in [1.54, 1.807) is 6.07 Å². The van der Waals surface area contributed by atoms with Gasteiger partial charge in [-0.05, 0) is 18.6 Å². The molecule has 0 bridgehead atoms. The van der Waals surface area contributed by atoms with Crippen molar-refractivity contribution in [1.82, 2.24) is 9.97 Å². The van der Waals surface area contributed by atoms with Crippen molar-refractivity contribution >= 4 is 16.6 Å². The van der Waals surface area contributed by atoms with E-state index in [1.807, 2.05) is 25.1 Å². The Morgan fingerprint density at radius 3 is 3.06 bits per heavy atom. The molecule has 0 radical (unpaired) electrons. The van der Waals surface area contributed by atoms with E-state index >= 15 is 0 Å². The summed E-state index contributed by atoms with van der Waals surface area (Å²) in [5.41, 5.74) is 1.55. The van der Waals surface area contributed by atoms with Crippen molar-refractivity contribution in [3.63, 3.8) is 0 Å². The lowest BCUT2D eigenvalue weighted by atomic mass is 10.1. The Morgan fingerprint density at radius 2 is 2.28 bits per heavy atom. The summed E-state index contributed by atoms with van der Waals surface area (Å²) in [5, 5.41) is 4.57.